The number of fused-ring (bicyclic) bond motifs is 1. The predicted molar refractivity (Wildman–Crippen MR) is 45.0 cm³/mol. The summed E-state index contributed by atoms with van der Waals surface area (Å²) in [6, 6.07) is 1.93. The summed E-state index contributed by atoms with van der Waals surface area (Å²) in [5.74, 6) is 0. The van der Waals surface area contributed by atoms with Gasteiger partial charge in [-0.2, -0.15) is 0 Å². The number of aromatic nitrogens is 3. The Morgan fingerprint density at radius 2 is 2.27 bits per heavy atom. The van der Waals surface area contributed by atoms with Gasteiger partial charge in [0.05, 0.1) is 0 Å². The van der Waals surface area contributed by atoms with E-state index in [1.165, 1.54) is 0 Å². The van der Waals surface area contributed by atoms with Gasteiger partial charge in [0.2, 0.25) is 4.77 Å². The lowest BCUT2D eigenvalue weighted by Gasteiger charge is -1.94. The van der Waals surface area contributed by atoms with E-state index in [2.05, 4.69) is 4.98 Å². The van der Waals surface area contributed by atoms with Gasteiger partial charge in [-0.3, -0.25) is 4.40 Å². The molecular weight excluding hydrogens is 158 g/mol. The van der Waals surface area contributed by atoms with Gasteiger partial charge in [0.1, 0.15) is 5.65 Å². The first kappa shape index (κ1) is 6.54. The molecule has 0 fully saturated rings. The van der Waals surface area contributed by atoms with Crippen LogP contribution < -0.4 is 0 Å². The first-order valence-electron chi connectivity index (χ1n) is 3.28. The highest BCUT2D eigenvalue weighted by molar-refractivity contribution is 7.71. The molecule has 0 amide bonds. The predicted octanol–water partition coefficient (Wildman–Crippen LogP) is 1.40. The van der Waals surface area contributed by atoms with Gasteiger partial charge in [0.15, 0.2) is 0 Å². The summed E-state index contributed by atoms with van der Waals surface area (Å²) in [6.07, 6.45) is 5.58. The summed E-state index contributed by atoms with van der Waals surface area (Å²) >= 11 is 5.01. The minimum absolute atomic E-state index is 0.600. The third-order valence-corrected chi connectivity index (χ3v) is 1.96. The van der Waals surface area contributed by atoms with Crippen LogP contribution in [0.1, 0.15) is 0 Å². The molecule has 0 spiro atoms. The zero-order valence-corrected chi connectivity index (χ0v) is 6.88. The molecule has 0 atom stereocenters. The second-order valence-electron chi connectivity index (χ2n) is 2.36. The third-order valence-electron chi connectivity index (χ3n) is 1.66. The summed E-state index contributed by atoms with van der Waals surface area (Å²) in [6.45, 7) is 0. The van der Waals surface area contributed by atoms with E-state index in [1.54, 1.807) is 6.20 Å². The van der Waals surface area contributed by atoms with Crippen molar-refractivity contribution in [1.82, 2.24) is 14.0 Å². The summed E-state index contributed by atoms with van der Waals surface area (Å²) in [7, 11) is 1.98. The van der Waals surface area contributed by atoms with Crippen LogP contribution in [0.5, 0.6) is 0 Å². The number of hydrogen-bond donors (Lipinski definition) is 0. The SMILES string of the molecule is Cn1ccn2c(=S)nccc12. The molecule has 0 aliphatic carbocycles. The molecule has 0 radical (unpaired) electrons. The summed E-state index contributed by atoms with van der Waals surface area (Å²) in [4.78, 5) is 3.99. The Bertz CT molecular complexity index is 440. The van der Waals surface area contributed by atoms with E-state index in [9.17, 15) is 0 Å². The molecule has 2 aromatic heterocycles. The van der Waals surface area contributed by atoms with Crippen molar-refractivity contribution in [1.29, 1.82) is 0 Å². The monoisotopic (exact) mass is 165 g/mol. The molecule has 0 saturated heterocycles. The Morgan fingerprint density at radius 3 is 3.00 bits per heavy atom. The average Bonchev–Trinajstić information content (AvgIpc) is 2.35. The smallest absolute Gasteiger partial charge is 0.205 e. The minimum Gasteiger partial charge on any atom is -0.336 e. The largest absolute Gasteiger partial charge is 0.336 e. The van der Waals surface area contributed by atoms with Crippen LogP contribution in [-0.2, 0) is 7.05 Å². The highest BCUT2D eigenvalue weighted by Crippen LogP contribution is 2.01. The van der Waals surface area contributed by atoms with Crippen LogP contribution in [0.4, 0.5) is 0 Å². The maximum Gasteiger partial charge on any atom is 0.205 e. The lowest BCUT2D eigenvalue weighted by Crippen LogP contribution is -1.91. The van der Waals surface area contributed by atoms with E-state index in [1.807, 2.05) is 34.5 Å². The lowest BCUT2D eigenvalue weighted by molar-refractivity contribution is 0.939. The maximum absolute atomic E-state index is 5.01. The average molecular weight is 165 g/mol. The zero-order chi connectivity index (χ0) is 7.84. The Hall–Kier alpha value is -1.16. The molecule has 0 N–H and O–H groups in total. The van der Waals surface area contributed by atoms with Gasteiger partial charge in [0.25, 0.3) is 0 Å². The molecule has 0 aliphatic heterocycles. The highest BCUT2D eigenvalue weighted by atomic mass is 32.1. The van der Waals surface area contributed by atoms with Crippen LogP contribution in [0, 0.1) is 4.77 Å². The second kappa shape index (κ2) is 2.17. The van der Waals surface area contributed by atoms with Crippen LogP contribution in [0.3, 0.4) is 0 Å². The van der Waals surface area contributed by atoms with E-state index < -0.39 is 0 Å². The van der Waals surface area contributed by atoms with Crippen molar-refractivity contribution in [3.63, 3.8) is 0 Å². The Balaban J connectivity index is 3.06. The van der Waals surface area contributed by atoms with Crippen molar-refractivity contribution >= 4 is 17.9 Å². The van der Waals surface area contributed by atoms with Gasteiger partial charge in [-0.1, -0.05) is 0 Å². The fourth-order valence-corrected chi connectivity index (χ4v) is 1.29. The van der Waals surface area contributed by atoms with Crippen molar-refractivity contribution in [2.24, 2.45) is 7.05 Å². The summed E-state index contributed by atoms with van der Waals surface area (Å²) < 4.78 is 4.47. The molecule has 11 heavy (non-hydrogen) atoms. The molecule has 3 nitrogen and oxygen atoms in total. The fraction of sp³-hybridized carbons (Fsp3) is 0.143. The Kier molecular flexibility index (Phi) is 1.29. The lowest BCUT2D eigenvalue weighted by atomic mass is 10.6. The van der Waals surface area contributed by atoms with Crippen molar-refractivity contribution in [3.8, 4) is 0 Å². The molecule has 56 valence electrons. The van der Waals surface area contributed by atoms with Crippen LogP contribution >= 0.6 is 12.2 Å². The number of imidazole rings is 1. The first-order chi connectivity index (χ1) is 5.29. The van der Waals surface area contributed by atoms with Crippen LogP contribution in [-0.4, -0.2) is 14.0 Å². The van der Waals surface area contributed by atoms with Crippen LogP contribution in [0.15, 0.2) is 24.7 Å². The van der Waals surface area contributed by atoms with Gasteiger partial charge in [-0.25, -0.2) is 4.98 Å². The van der Waals surface area contributed by atoms with E-state index in [-0.39, 0.29) is 0 Å². The van der Waals surface area contributed by atoms with Crippen molar-refractivity contribution < 1.29 is 0 Å². The van der Waals surface area contributed by atoms with Crippen molar-refractivity contribution in [3.05, 3.63) is 29.4 Å². The van der Waals surface area contributed by atoms with E-state index in [0.29, 0.717) is 4.77 Å². The molecule has 2 rings (SSSR count). The first-order valence-corrected chi connectivity index (χ1v) is 3.68. The van der Waals surface area contributed by atoms with E-state index in [0.717, 1.165) is 5.65 Å². The molecule has 0 bridgehead atoms. The highest BCUT2D eigenvalue weighted by Gasteiger charge is 1.94. The Labute approximate surface area is 68.9 Å². The van der Waals surface area contributed by atoms with Crippen molar-refractivity contribution in [2.75, 3.05) is 0 Å². The van der Waals surface area contributed by atoms with Gasteiger partial charge in [0, 0.05) is 25.6 Å². The van der Waals surface area contributed by atoms with Gasteiger partial charge in [-0.05, 0) is 18.3 Å². The molecule has 0 unspecified atom stereocenters. The van der Waals surface area contributed by atoms with Gasteiger partial charge >= 0.3 is 0 Å². The molecule has 4 heteroatoms. The number of rotatable bonds is 0. The molecule has 2 aromatic rings. The van der Waals surface area contributed by atoms with Crippen molar-refractivity contribution in [2.45, 2.75) is 0 Å². The zero-order valence-electron chi connectivity index (χ0n) is 6.06. The second-order valence-corrected chi connectivity index (χ2v) is 2.73. The normalized spacial score (nSPS) is 10.6. The third kappa shape index (κ3) is 0.867. The summed E-state index contributed by atoms with van der Waals surface area (Å²) in [5, 5.41) is 0. The van der Waals surface area contributed by atoms with Gasteiger partial charge in [-0.15, -0.1) is 0 Å². The standard InChI is InChI=1S/C7H7N3S/c1-9-4-5-10-6(9)2-3-8-7(10)11/h2-5H,1H3. The maximum atomic E-state index is 5.01. The topological polar surface area (TPSA) is 22.2 Å². The van der Waals surface area contributed by atoms with Crippen LogP contribution in [0.2, 0.25) is 0 Å². The minimum atomic E-state index is 0.600. The summed E-state index contributed by atoms with van der Waals surface area (Å²) in [5.41, 5.74) is 1.06. The molecule has 0 aromatic carbocycles. The fourth-order valence-electron chi connectivity index (χ4n) is 1.08. The van der Waals surface area contributed by atoms with E-state index >= 15 is 0 Å². The molecule has 0 aliphatic rings. The number of hydrogen-bond acceptors (Lipinski definition) is 2. The molecular formula is C7H7N3S. The number of aryl methyl sites for hydroxylation is 1. The number of nitrogens with zero attached hydrogens (tertiary/aromatic N) is 3. The van der Waals surface area contributed by atoms with E-state index in [4.69, 9.17) is 12.2 Å². The van der Waals surface area contributed by atoms with Gasteiger partial charge < -0.3 is 4.57 Å². The van der Waals surface area contributed by atoms with Crippen LogP contribution in [0.25, 0.3) is 5.65 Å². The molecule has 0 saturated carbocycles. The molecule has 2 heterocycles. The quantitative estimate of drug-likeness (QED) is 0.550. The Morgan fingerprint density at radius 1 is 1.45 bits per heavy atom.